The van der Waals surface area contributed by atoms with Gasteiger partial charge in [0.05, 0.1) is 0 Å². The number of carbonyl (C=O) groups excluding carboxylic acids is 1. The molecule has 0 bridgehead atoms. The smallest absolute Gasteiger partial charge is 0.131 e. The van der Waals surface area contributed by atoms with Crippen LogP contribution in [0, 0.1) is 0 Å². The molecule has 14 heavy (non-hydrogen) atoms. The molecule has 0 radical (unpaired) electrons. The minimum atomic E-state index is 0.326. The van der Waals surface area contributed by atoms with Crippen molar-refractivity contribution in [3.63, 3.8) is 0 Å². The molecule has 82 valence electrons. The molecule has 1 rings (SSSR count). The number of nitrogens with zero attached hydrogens (tertiary/aromatic N) is 2. The molecule has 0 saturated carbocycles. The number of likely N-dealkylation sites (N-methyl/N-ethyl adjacent to an activating group) is 1. The van der Waals surface area contributed by atoms with Crippen LogP contribution in [0.15, 0.2) is 0 Å². The third-order valence-corrected chi connectivity index (χ3v) is 2.86. The summed E-state index contributed by atoms with van der Waals surface area (Å²) < 4.78 is 0. The summed E-state index contributed by atoms with van der Waals surface area (Å²) in [5.41, 5.74) is 0. The second-order valence-electron chi connectivity index (χ2n) is 4.54. The van der Waals surface area contributed by atoms with Gasteiger partial charge in [-0.1, -0.05) is 0 Å². The molecule has 0 spiro atoms. The molecule has 3 nitrogen and oxygen atoms in total. The third-order valence-electron chi connectivity index (χ3n) is 2.86. The van der Waals surface area contributed by atoms with E-state index in [9.17, 15) is 4.79 Å². The Morgan fingerprint density at radius 1 is 1.50 bits per heavy atom. The first kappa shape index (κ1) is 11.7. The summed E-state index contributed by atoms with van der Waals surface area (Å²) >= 11 is 0. The number of Topliss-reactive ketones (excluding diaryl/α,β-unsaturated/α-hetero) is 1. The molecule has 0 amide bonds. The van der Waals surface area contributed by atoms with Gasteiger partial charge < -0.3 is 4.90 Å². The Hall–Kier alpha value is -0.410. The van der Waals surface area contributed by atoms with Gasteiger partial charge in [-0.05, 0) is 40.4 Å². The Labute approximate surface area is 87.1 Å². The minimum absolute atomic E-state index is 0.326. The van der Waals surface area contributed by atoms with Crippen molar-refractivity contribution in [1.29, 1.82) is 0 Å². The molecular weight excluding hydrogens is 176 g/mol. The summed E-state index contributed by atoms with van der Waals surface area (Å²) in [4.78, 5) is 15.7. The van der Waals surface area contributed by atoms with Gasteiger partial charge in [0.25, 0.3) is 0 Å². The van der Waals surface area contributed by atoms with Crippen LogP contribution >= 0.6 is 0 Å². The zero-order valence-corrected chi connectivity index (χ0v) is 9.62. The van der Waals surface area contributed by atoms with Gasteiger partial charge in [0.15, 0.2) is 0 Å². The zero-order chi connectivity index (χ0) is 10.6. The number of carbonyl (C=O) groups is 1. The van der Waals surface area contributed by atoms with Crippen LogP contribution in [0.5, 0.6) is 0 Å². The first-order chi connectivity index (χ1) is 6.59. The Balaban J connectivity index is 2.31. The highest BCUT2D eigenvalue weighted by molar-refractivity contribution is 5.76. The Morgan fingerprint density at radius 2 is 2.21 bits per heavy atom. The van der Waals surface area contributed by atoms with Crippen LogP contribution in [0.1, 0.15) is 26.2 Å². The van der Waals surface area contributed by atoms with Gasteiger partial charge in [-0.2, -0.15) is 0 Å². The highest BCUT2D eigenvalue weighted by atomic mass is 16.1. The molecule has 0 aromatic rings. The van der Waals surface area contributed by atoms with Crippen LogP contribution in [0.2, 0.25) is 0 Å². The summed E-state index contributed by atoms with van der Waals surface area (Å²) in [6.45, 7) is 5.06. The largest absolute Gasteiger partial charge is 0.308 e. The lowest BCUT2D eigenvalue weighted by molar-refractivity contribution is -0.118. The predicted molar refractivity (Wildman–Crippen MR) is 58.4 cm³/mol. The lowest BCUT2D eigenvalue weighted by Gasteiger charge is -2.25. The number of ketones is 1. The fourth-order valence-electron chi connectivity index (χ4n) is 2.08. The van der Waals surface area contributed by atoms with E-state index in [-0.39, 0.29) is 0 Å². The van der Waals surface area contributed by atoms with E-state index < -0.39 is 0 Å². The second kappa shape index (κ2) is 5.47. The van der Waals surface area contributed by atoms with Crippen molar-refractivity contribution in [1.82, 2.24) is 9.80 Å². The van der Waals surface area contributed by atoms with Crippen molar-refractivity contribution in [2.24, 2.45) is 0 Å². The maximum atomic E-state index is 11.0. The molecule has 3 heteroatoms. The summed E-state index contributed by atoms with van der Waals surface area (Å²) in [5, 5.41) is 0. The number of hydrogen-bond donors (Lipinski definition) is 0. The average molecular weight is 198 g/mol. The molecular formula is C11H22N2O. The Kier molecular flexibility index (Phi) is 4.55. The Morgan fingerprint density at radius 3 is 2.79 bits per heavy atom. The van der Waals surface area contributed by atoms with Crippen molar-refractivity contribution in [3.05, 3.63) is 0 Å². The van der Waals surface area contributed by atoms with E-state index in [2.05, 4.69) is 23.9 Å². The molecule has 0 aromatic carbocycles. The van der Waals surface area contributed by atoms with Gasteiger partial charge in [0.2, 0.25) is 0 Å². The SMILES string of the molecule is CC(=O)CC1CCCN1CCN(C)C. The number of rotatable bonds is 5. The topological polar surface area (TPSA) is 23.6 Å². The van der Waals surface area contributed by atoms with Crippen molar-refractivity contribution in [2.75, 3.05) is 33.7 Å². The van der Waals surface area contributed by atoms with Gasteiger partial charge in [-0.25, -0.2) is 0 Å². The molecule has 1 saturated heterocycles. The first-order valence-corrected chi connectivity index (χ1v) is 5.48. The van der Waals surface area contributed by atoms with Crippen LogP contribution in [0.4, 0.5) is 0 Å². The van der Waals surface area contributed by atoms with E-state index in [0.717, 1.165) is 19.5 Å². The summed E-state index contributed by atoms with van der Waals surface area (Å²) in [5.74, 6) is 0.326. The van der Waals surface area contributed by atoms with Crippen molar-refractivity contribution >= 4 is 5.78 Å². The molecule has 0 aliphatic carbocycles. The number of hydrogen-bond acceptors (Lipinski definition) is 3. The van der Waals surface area contributed by atoms with E-state index in [1.54, 1.807) is 6.92 Å². The highest BCUT2D eigenvalue weighted by Crippen LogP contribution is 2.19. The van der Waals surface area contributed by atoms with Gasteiger partial charge in [0.1, 0.15) is 5.78 Å². The van der Waals surface area contributed by atoms with Gasteiger partial charge in [0, 0.05) is 25.6 Å². The quantitative estimate of drug-likeness (QED) is 0.658. The lowest BCUT2D eigenvalue weighted by Crippen LogP contribution is -2.36. The highest BCUT2D eigenvalue weighted by Gasteiger charge is 2.24. The van der Waals surface area contributed by atoms with Crippen LogP contribution in [-0.2, 0) is 4.79 Å². The molecule has 1 aliphatic heterocycles. The second-order valence-corrected chi connectivity index (χ2v) is 4.54. The maximum Gasteiger partial charge on any atom is 0.131 e. The average Bonchev–Trinajstić information content (AvgIpc) is 2.47. The van der Waals surface area contributed by atoms with Crippen molar-refractivity contribution < 1.29 is 4.79 Å². The summed E-state index contributed by atoms with van der Waals surface area (Å²) in [6.07, 6.45) is 3.20. The Bertz CT molecular complexity index is 192. The normalized spacial score (nSPS) is 23.3. The minimum Gasteiger partial charge on any atom is -0.308 e. The number of likely N-dealkylation sites (tertiary alicyclic amines) is 1. The standard InChI is InChI=1S/C11H22N2O/c1-10(14)9-11-5-4-6-13(11)8-7-12(2)3/h11H,4-9H2,1-3H3. The van der Waals surface area contributed by atoms with Crippen LogP contribution in [0.25, 0.3) is 0 Å². The van der Waals surface area contributed by atoms with Gasteiger partial charge >= 0.3 is 0 Å². The van der Waals surface area contributed by atoms with Crippen LogP contribution < -0.4 is 0 Å². The van der Waals surface area contributed by atoms with E-state index in [4.69, 9.17) is 0 Å². The van der Waals surface area contributed by atoms with Crippen molar-refractivity contribution in [2.45, 2.75) is 32.2 Å². The monoisotopic (exact) mass is 198 g/mol. The van der Waals surface area contributed by atoms with Crippen molar-refractivity contribution in [3.8, 4) is 0 Å². The van der Waals surface area contributed by atoms with E-state index in [1.165, 1.54) is 19.4 Å². The third kappa shape index (κ3) is 3.76. The lowest BCUT2D eigenvalue weighted by atomic mass is 10.1. The van der Waals surface area contributed by atoms with E-state index in [0.29, 0.717) is 11.8 Å². The fraction of sp³-hybridized carbons (Fsp3) is 0.909. The molecule has 1 unspecified atom stereocenters. The van der Waals surface area contributed by atoms with E-state index in [1.807, 2.05) is 0 Å². The van der Waals surface area contributed by atoms with Gasteiger partial charge in [-0.15, -0.1) is 0 Å². The van der Waals surface area contributed by atoms with Gasteiger partial charge in [-0.3, -0.25) is 9.69 Å². The maximum absolute atomic E-state index is 11.0. The summed E-state index contributed by atoms with van der Waals surface area (Å²) in [7, 11) is 4.19. The van der Waals surface area contributed by atoms with Crippen LogP contribution in [0.3, 0.4) is 0 Å². The first-order valence-electron chi connectivity index (χ1n) is 5.48. The molecule has 1 atom stereocenters. The molecule has 0 aromatic heterocycles. The van der Waals surface area contributed by atoms with E-state index >= 15 is 0 Å². The molecule has 0 N–H and O–H groups in total. The zero-order valence-electron chi connectivity index (χ0n) is 9.62. The molecule has 1 fully saturated rings. The fourth-order valence-corrected chi connectivity index (χ4v) is 2.08. The molecule has 1 heterocycles. The summed E-state index contributed by atoms with van der Waals surface area (Å²) in [6, 6.07) is 0.521. The van der Waals surface area contributed by atoms with Crippen LogP contribution in [-0.4, -0.2) is 55.4 Å². The predicted octanol–water partition coefficient (Wildman–Crippen LogP) is 0.991. The molecule has 1 aliphatic rings.